The number of pyridine rings is 2. The van der Waals surface area contributed by atoms with Crippen LogP contribution in [0.4, 0.5) is 0 Å². The Morgan fingerprint density at radius 1 is 1.26 bits per heavy atom. The van der Waals surface area contributed by atoms with Crippen LogP contribution in [0.1, 0.15) is 55.0 Å². The molecule has 38 heavy (non-hydrogen) atoms. The minimum absolute atomic E-state index is 0.00856. The molecule has 10 nitrogen and oxygen atoms in total. The summed E-state index contributed by atoms with van der Waals surface area (Å²) in [6, 6.07) is 7.12. The van der Waals surface area contributed by atoms with Gasteiger partial charge in [0.15, 0.2) is 5.60 Å². The maximum Gasteiger partial charge on any atom is 0.354 e. The number of fused-ring (bicyclic) bond motifs is 5. The van der Waals surface area contributed by atoms with Gasteiger partial charge in [0.1, 0.15) is 12.3 Å². The molecule has 196 valence electrons. The Morgan fingerprint density at radius 3 is 2.68 bits per heavy atom. The molecule has 0 radical (unpaired) electrons. The van der Waals surface area contributed by atoms with Crippen molar-refractivity contribution >= 4 is 34.8 Å². The normalized spacial score (nSPS) is 17.9. The van der Waals surface area contributed by atoms with E-state index in [1.807, 2.05) is 19.1 Å². The van der Waals surface area contributed by atoms with E-state index in [0.29, 0.717) is 28.9 Å². The van der Waals surface area contributed by atoms with Gasteiger partial charge < -0.3 is 24.5 Å². The number of nitrogens with zero attached hydrogens (tertiary/aromatic N) is 2. The van der Waals surface area contributed by atoms with Gasteiger partial charge in [-0.3, -0.25) is 9.59 Å². The van der Waals surface area contributed by atoms with Gasteiger partial charge >= 0.3 is 11.9 Å². The molecule has 1 aromatic carbocycles. The maximum absolute atomic E-state index is 13.5. The van der Waals surface area contributed by atoms with Crippen LogP contribution in [0.25, 0.3) is 28.4 Å². The lowest BCUT2D eigenvalue weighted by Gasteiger charge is -2.31. The summed E-state index contributed by atoms with van der Waals surface area (Å²) in [6.07, 6.45) is 2.22. The fraction of sp³-hybridized carbons (Fsp3) is 0.321. The fourth-order valence-corrected chi connectivity index (χ4v) is 5.37. The van der Waals surface area contributed by atoms with E-state index in [1.54, 1.807) is 29.7 Å². The number of amides is 1. The van der Waals surface area contributed by atoms with Gasteiger partial charge in [0.25, 0.3) is 5.56 Å². The van der Waals surface area contributed by atoms with Crippen LogP contribution in [0.15, 0.2) is 34.8 Å². The van der Waals surface area contributed by atoms with Crippen molar-refractivity contribution in [1.82, 2.24) is 14.9 Å². The third kappa shape index (κ3) is 3.71. The van der Waals surface area contributed by atoms with Crippen molar-refractivity contribution < 1.29 is 29.0 Å². The molecule has 2 aromatic heterocycles. The van der Waals surface area contributed by atoms with E-state index < -0.39 is 23.4 Å². The first-order chi connectivity index (χ1) is 18.1. The molecule has 0 saturated carbocycles. The van der Waals surface area contributed by atoms with Crippen molar-refractivity contribution in [3.8, 4) is 11.4 Å². The van der Waals surface area contributed by atoms with E-state index in [0.717, 1.165) is 16.5 Å². The highest BCUT2D eigenvalue weighted by Crippen LogP contribution is 2.41. The summed E-state index contributed by atoms with van der Waals surface area (Å²) in [5, 5.41) is 14.4. The molecule has 1 amide bonds. The summed E-state index contributed by atoms with van der Waals surface area (Å²) in [7, 11) is 1.24. The third-order valence-electron chi connectivity index (χ3n) is 7.23. The number of ether oxygens (including phenoxy) is 2. The van der Waals surface area contributed by atoms with Gasteiger partial charge in [-0.25, -0.2) is 14.6 Å². The molecule has 2 aliphatic heterocycles. The number of rotatable bonds is 5. The molecule has 0 bridgehead atoms. The van der Waals surface area contributed by atoms with Crippen molar-refractivity contribution in [3.05, 3.63) is 68.1 Å². The summed E-state index contributed by atoms with van der Waals surface area (Å²) in [4.78, 5) is 54.9. The molecular formula is C28H27N3O7. The van der Waals surface area contributed by atoms with Crippen LogP contribution in [0.3, 0.4) is 0 Å². The number of hydrogen-bond acceptors (Lipinski definition) is 8. The van der Waals surface area contributed by atoms with Crippen LogP contribution < -0.4 is 10.9 Å². The summed E-state index contributed by atoms with van der Waals surface area (Å²) < 4.78 is 11.6. The van der Waals surface area contributed by atoms with Crippen LogP contribution in [0, 0.1) is 0 Å². The van der Waals surface area contributed by atoms with Crippen LogP contribution in [0.2, 0.25) is 0 Å². The van der Waals surface area contributed by atoms with E-state index in [4.69, 9.17) is 14.5 Å². The molecule has 2 aliphatic rings. The Hall–Kier alpha value is -4.31. The quantitative estimate of drug-likeness (QED) is 0.304. The number of aliphatic hydroxyl groups is 1. The summed E-state index contributed by atoms with van der Waals surface area (Å²) in [5.74, 6) is -1.87. The molecule has 1 atom stereocenters. The van der Waals surface area contributed by atoms with Crippen molar-refractivity contribution in [2.45, 2.75) is 52.4 Å². The van der Waals surface area contributed by atoms with Gasteiger partial charge in [-0.05, 0) is 42.2 Å². The third-order valence-corrected chi connectivity index (χ3v) is 7.23. The number of nitrogens with one attached hydrogen (secondary N) is 1. The number of carbonyl (C=O) groups excluding carboxylic acids is 3. The lowest BCUT2D eigenvalue weighted by molar-refractivity contribution is -0.172. The summed E-state index contributed by atoms with van der Waals surface area (Å²) >= 11 is 0. The molecule has 10 heteroatoms. The average molecular weight is 518 g/mol. The van der Waals surface area contributed by atoms with Gasteiger partial charge in [-0.2, -0.15) is 0 Å². The molecule has 0 unspecified atom stereocenters. The van der Waals surface area contributed by atoms with Crippen LogP contribution in [-0.2, 0) is 49.0 Å². The highest BCUT2D eigenvalue weighted by Gasteiger charge is 2.45. The monoisotopic (exact) mass is 517 g/mol. The van der Waals surface area contributed by atoms with Gasteiger partial charge in [0.2, 0.25) is 5.91 Å². The SMILES string of the molecule is CCc1c2c(nc3cccc(C=C(NC(C)=O)C(=O)OC)c13)-c1cc3c(c(=O)n1C2)COC(=O)[C@]3(O)CC. The predicted octanol–water partition coefficient (Wildman–Crippen LogP) is 2.29. The molecule has 0 aliphatic carbocycles. The molecule has 4 heterocycles. The molecule has 3 aromatic rings. The average Bonchev–Trinajstić information content (AvgIpc) is 3.27. The number of esters is 2. The zero-order valence-corrected chi connectivity index (χ0v) is 21.5. The lowest BCUT2D eigenvalue weighted by atomic mass is 9.86. The van der Waals surface area contributed by atoms with Crippen LogP contribution in [0.5, 0.6) is 0 Å². The number of aryl methyl sites for hydroxylation is 1. The predicted molar refractivity (Wildman–Crippen MR) is 138 cm³/mol. The second-order valence-corrected chi connectivity index (χ2v) is 9.35. The first-order valence-corrected chi connectivity index (χ1v) is 12.3. The Balaban J connectivity index is 1.76. The van der Waals surface area contributed by atoms with E-state index in [9.17, 15) is 24.3 Å². The number of cyclic esters (lactones) is 1. The van der Waals surface area contributed by atoms with Gasteiger partial charge in [0.05, 0.1) is 36.1 Å². The van der Waals surface area contributed by atoms with Crippen LogP contribution >= 0.6 is 0 Å². The maximum atomic E-state index is 13.5. The standard InChI is InChI=1S/C28H27N3O7/c1-5-16-17-12-31-22(11-19-18(25(31)33)13-38-27(35)28(19,36)6-2)24(17)30-20-9-7-8-15(23(16)20)10-21(26(34)37-4)29-14(3)32/h7-11,36H,5-6,12-13H2,1-4H3,(H,29,32)/t28-/m0/s1. The van der Waals surface area contributed by atoms with Crippen molar-refractivity contribution in [2.75, 3.05) is 7.11 Å². The Morgan fingerprint density at radius 2 is 2.03 bits per heavy atom. The molecule has 0 saturated heterocycles. The van der Waals surface area contributed by atoms with E-state index in [-0.39, 0.29) is 42.0 Å². The van der Waals surface area contributed by atoms with Gasteiger partial charge in [-0.1, -0.05) is 26.0 Å². The zero-order valence-electron chi connectivity index (χ0n) is 21.5. The van der Waals surface area contributed by atoms with E-state index >= 15 is 0 Å². The number of methoxy groups -OCH3 is 1. The van der Waals surface area contributed by atoms with Crippen LogP contribution in [-0.4, -0.2) is 39.6 Å². The van der Waals surface area contributed by atoms with Gasteiger partial charge in [-0.15, -0.1) is 0 Å². The second-order valence-electron chi connectivity index (χ2n) is 9.35. The fourth-order valence-electron chi connectivity index (χ4n) is 5.37. The zero-order chi connectivity index (χ0) is 27.4. The molecule has 0 fully saturated rings. The minimum Gasteiger partial charge on any atom is -0.464 e. The molecular weight excluding hydrogens is 490 g/mol. The smallest absolute Gasteiger partial charge is 0.354 e. The van der Waals surface area contributed by atoms with Crippen molar-refractivity contribution in [3.63, 3.8) is 0 Å². The van der Waals surface area contributed by atoms with Crippen molar-refractivity contribution in [1.29, 1.82) is 0 Å². The molecule has 0 spiro atoms. The molecule has 5 rings (SSSR count). The number of benzene rings is 1. The summed E-state index contributed by atoms with van der Waals surface area (Å²) in [6.45, 7) is 5.02. The van der Waals surface area contributed by atoms with Crippen molar-refractivity contribution in [2.24, 2.45) is 0 Å². The Bertz CT molecular complexity index is 1640. The highest BCUT2D eigenvalue weighted by molar-refractivity contribution is 6.01. The first-order valence-electron chi connectivity index (χ1n) is 12.3. The largest absolute Gasteiger partial charge is 0.464 e. The highest BCUT2D eigenvalue weighted by atomic mass is 16.6. The van der Waals surface area contributed by atoms with E-state index in [2.05, 4.69) is 5.32 Å². The molecule has 2 N–H and O–H groups in total. The van der Waals surface area contributed by atoms with Gasteiger partial charge in [0, 0.05) is 23.4 Å². The number of aromatic nitrogens is 2. The summed E-state index contributed by atoms with van der Waals surface area (Å²) in [5.41, 5.74) is 2.46. The topological polar surface area (TPSA) is 137 Å². The Labute approximate surface area is 217 Å². The number of carbonyl (C=O) groups is 3. The lowest BCUT2D eigenvalue weighted by Crippen LogP contribution is -2.44. The first kappa shape index (κ1) is 25.3. The minimum atomic E-state index is -1.90. The van der Waals surface area contributed by atoms with E-state index in [1.165, 1.54) is 14.0 Å². The Kier molecular flexibility index (Phi) is 6.15. The second kappa shape index (κ2) is 9.21. The number of hydrogen-bond donors (Lipinski definition) is 2.